The van der Waals surface area contributed by atoms with E-state index in [2.05, 4.69) is 10.4 Å². The molecule has 1 N–H and O–H groups in total. The van der Waals surface area contributed by atoms with Crippen LogP contribution in [0.15, 0.2) is 0 Å². The second-order valence-electron chi connectivity index (χ2n) is 3.87. The Hall–Kier alpha value is -1.36. The molecule has 0 spiro atoms. The molecule has 1 amide bonds. The molecule has 0 fully saturated rings. The van der Waals surface area contributed by atoms with Gasteiger partial charge in [0.15, 0.2) is 0 Å². The molecule has 1 aromatic heterocycles. The maximum atomic E-state index is 11.5. The fraction of sp³-hybridized carbons (Fsp3) is 0.636. The van der Waals surface area contributed by atoms with Gasteiger partial charge in [0.05, 0.1) is 5.69 Å². The van der Waals surface area contributed by atoms with Crippen molar-refractivity contribution in [1.29, 1.82) is 0 Å². The molecule has 0 aliphatic rings. The number of nitrogens with one attached hydrogen (secondary N) is 1. The van der Waals surface area contributed by atoms with Crippen LogP contribution in [0.25, 0.3) is 0 Å². The zero-order valence-corrected chi connectivity index (χ0v) is 10.5. The molecule has 0 aliphatic heterocycles. The van der Waals surface area contributed by atoms with Crippen LogP contribution in [-0.2, 0) is 23.1 Å². The molecule has 1 heterocycles. The van der Waals surface area contributed by atoms with Gasteiger partial charge in [-0.1, -0.05) is 0 Å². The van der Waals surface area contributed by atoms with E-state index in [1.165, 1.54) is 7.11 Å². The first-order valence-electron chi connectivity index (χ1n) is 5.27. The summed E-state index contributed by atoms with van der Waals surface area (Å²) in [5.41, 5.74) is 3.09. The van der Waals surface area contributed by atoms with Crippen molar-refractivity contribution in [1.82, 2.24) is 15.1 Å². The average molecular weight is 225 g/mol. The number of hydrogen-bond acceptors (Lipinski definition) is 3. The lowest BCUT2D eigenvalue weighted by molar-refractivity contribution is -0.130. The number of carbonyl (C=O) groups is 1. The van der Waals surface area contributed by atoms with Crippen molar-refractivity contribution in [2.45, 2.75) is 33.4 Å². The molecule has 0 aromatic carbocycles. The average Bonchev–Trinajstić information content (AvgIpc) is 2.49. The zero-order valence-electron chi connectivity index (χ0n) is 10.5. The molecular formula is C11H19N3O2. The Labute approximate surface area is 95.8 Å². The highest BCUT2D eigenvalue weighted by Gasteiger charge is 2.14. The van der Waals surface area contributed by atoms with E-state index in [1.54, 1.807) is 6.92 Å². The van der Waals surface area contributed by atoms with Crippen molar-refractivity contribution in [2.75, 3.05) is 7.11 Å². The minimum Gasteiger partial charge on any atom is -0.372 e. The minimum atomic E-state index is -0.419. The lowest BCUT2D eigenvalue weighted by Crippen LogP contribution is -2.33. The van der Waals surface area contributed by atoms with Crippen molar-refractivity contribution in [3.8, 4) is 0 Å². The van der Waals surface area contributed by atoms with E-state index >= 15 is 0 Å². The largest absolute Gasteiger partial charge is 0.372 e. The van der Waals surface area contributed by atoms with Crippen LogP contribution in [-0.4, -0.2) is 28.9 Å². The highest BCUT2D eigenvalue weighted by atomic mass is 16.5. The van der Waals surface area contributed by atoms with E-state index in [-0.39, 0.29) is 5.91 Å². The predicted octanol–water partition coefficient (Wildman–Crippen LogP) is 0.688. The molecule has 0 saturated heterocycles. The third-order valence-corrected chi connectivity index (χ3v) is 2.82. The Morgan fingerprint density at radius 3 is 2.62 bits per heavy atom. The first kappa shape index (κ1) is 12.7. The molecule has 5 heteroatoms. The highest BCUT2D eigenvalue weighted by molar-refractivity contribution is 5.80. The topological polar surface area (TPSA) is 56.1 Å². The fourth-order valence-corrected chi connectivity index (χ4v) is 1.50. The number of carbonyl (C=O) groups excluding carboxylic acids is 1. The van der Waals surface area contributed by atoms with Gasteiger partial charge in [0.25, 0.3) is 0 Å². The number of methoxy groups -OCH3 is 1. The molecule has 5 nitrogen and oxygen atoms in total. The summed E-state index contributed by atoms with van der Waals surface area (Å²) < 4.78 is 6.75. The molecule has 1 unspecified atom stereocenters. The number of amides is 1. The fourth-order valence-electron chi connectivity index (χ4n) is 1.50. The zero-order chi connectivity index (χ0) is 12.3. The number of rotatable bonds is 4. The number of nitrogens with zero attached hydrogens (tertiary/aromatic N) is 2. The summed E-state index contributed by atoms with van der Waals surface area (Å²) in [6.45, 7) is 6.14. The summed E-state index contributed by atoms with van der Waals surface area (Å²) in [5.74, 6) is -0.106. The predicted molar refractivity (Wildman–Crippen MR) is 61.0 cm³/mol. The van der Waals surface area contributed by atoms with Gasteiger partial charge < -0.3 is 10.1 Å². The van der Waals surface area contributed by atoms with Gasteiger partial charge in [0, 0.05) is 32.0 Å². The molecule has 16 heavy (non-hydrogen) atoms. The van der Waals surface area contributed by atoms with Crippen molar-refractivity contribution < 1.29 is 9.53 Å². The molecule has 0 bridgehead atoms. The van der Waals surface area contributed by atoms with E-state index < -0.39 is 6.10 Å². The molecule has 1 atom stereocenters. The molecule has 1 rings (SSSR count). The SMILES string of the molecule is COC(C)C(=O)NCc1c(C)nn(C)c1C. The molecular weight excluding hydrogens is 206 g/mol. The maximum absolute atomic E-state index is 11.5. The van der Waals surface area contributed by atoms with Crippen molar-refractivity contribution in [3.63, 3.8) is 0 Å². The van der Waals surface area contributed by atoms with E-state index in [4.69, 9.17) is 4.74 Å². The Morgan fingerprint density at radius 1 is 1.56 bits per heavy atom. The van der Waals surface area contributed by atoms with Crippen molar-refractivity contribution in [2.24, 2.45) is 7.05 Å². The Balaban J connectivity index is 2.65. The highest BCUT2D eigenvalue weighted by Crippen LogP contribution is 2.11. The lowest BCUT2D eigenvalue weighted by Gasteiger charge is -2.10. The summed E-state index contributed by atoms with van der Waals surface area (Å²) >= 11 is 0. The van der Waals surface area contributed by atoms with E-state index in [0.29, 0.717) is 6.54 Å². The molecule has 0 radical (unpaired) electrons. The van der Waals surface area contributed by atoms with Gasteiger partial charge in [0.2, 0.25) is 5.91 Å². The molecule has 90 valence electrons. The van der Waals surface area contributed by atoms with E-state index in [9.17, 15) is 4.79 Å². The van der Waals surface area contributed by atoms with Gasteiger partial charge in [-0.15, -0.1) is 0 Å². The van der Waals surface area contributed by atoms with Gasteiger partial charge in [-0.3, -0.25) is 9.48 Å². The number of hydrogen-bond donors (Lipinski definition) is 1. The number of aromatic nitrogens is 2. The normalized spacial score (nSPS) is 12.6. The third-order valence-electron chi connectivity index (χ3n) is 2.82. The monoisotopic (exact) mass is 225 g/mol. The summed E-state index contributed by atoms with van der Waals surface area (Å²) in [6, 6.07) is 0. The summed E-state index contributed by atoms with van der Waals surface area (Å²) in [5, 5.41) is 7.12. The second kappa shape index (κ2) is 5.12. The van der Waals surface area contributed by atoms with Crippen molar-refractivity contribution >= 4 is 5.91 Å². The van der Waals surface area contributed by atoms with Gasteiger partial charge in [-0.2, -0.15) is 5.10 Å². The Kier molecular flexibility index (Phi) is 4.06. The maximum Gasteiger partial charge on any atom is 0.249 e. The van der Waals surface area contributed by atoms with Crippen LogP contribution >= 0.6 is 0 Å². The third kappa shape index (κ3) is 2.61. The van der Waals surface area contributed by atoms with Crippen LogP contribution < -0.4 is 5.32 Å². The number of ether oxygens (including phenoxy) is 1. The van der Waals surface area contributed by atoms with Gasteiger partial charge in [-0.25, -0.2) is 0 Å². The molecule has 0 aliphatic carbocycles. The van der Waals surface area contributed by atoms with Crippen LogP contribution in [0.5, 0.6) is 0 Å². The van der Waals surface area contributed by atoms with Crippen LogP contribution in [0, 0.1) is 13.8 Å². The van der Waals surface area contributed by atoms with Gasteiger partial charge in [0.1, 0.15) is 6.10 Å². The van der Waals surface area contributed by atoms with Gasteiger partial charge in [-0.05, 0) is 20.8 Å². The summed E-state index contributed by atoms with van der Waals surface area (Å²) in [7, 11) is 3.41. The smallest absolute Gasteiger partial charge is 0.249 e. The number of aryl methyl sites for hydroxylation is 2. The van der Waals surface area contributed by atoms with Crippen molar-refractivity contribution in [3.05, 3.63) is 17.0 Å². The second-order valence-corrected chi connectivity index (χ2v) is 3.87. The van der Waals surface area contributed by atoms with E-state index in [1.807, 2.05) is 25.6 Å². The summed E-state index contributed by atoms with van der Waals surface area (Å²) in [6.07, 6.45) is -0.419. The Morgan fingerprint density at radius 2 is 2.19 bits per heavy atom. The lowest BCUT2D eigenvalue weighted by atomic mass is 10.2. The van der Waals surface area contributed by atoms with E-state index in [0.717, 1.165) is 17.0 Å². The van der Waals surface area contributed by atoms with Crippen LogP contribution in [0.2, 0.25) is 0 Å². The first-order valence-corrected chi connectivity index (χ1v) is 5.27. The summed E-state index contributed by atoms with van der Waals surface area (Å²) in [4.78, 5) is 11.5. The van der Waals surface area contributed by atoms with Gasteiger partial charge >= 0.3 is 0 Å². The molecule has 1 aromatic rings. The Bertz CT molecular complexity index is 385. The van der Waals surface area contributed by atoms with Crippen LogP contribution in [0.1, 0.15) is 23.9 Å². The minimum absolute atomic E-state index is 0.106. The molecule has 0 saturated carbocycles. The standard InChI is InChI=1S/C11H19N3O2/c1-7-10(8(2)14(4)13-7)6-12-11(15)9(3)16-5/h9H,6H2,1-5H3,(H,12,15). The first-order chi connectivity index (χ1) is 7.47. The van der Waals surface area contributed by atoms with Crippen LogP contribution in [0.4, 0.5) is 0 Å². The van der Waals surface area contributed by atoms with Crippen LogP contribution in [0.3, 0.4) is 0 Å². The quantitative estimate of drug-likeness (QED) is 0.820.